The van der Waals surface area contributed by atoms with Gasteiger partial charge in [0.25, 0.3) is 0 Å². The Balaban J connectivity index is 2.17. The highest BCUT2D eigenvalue weighted by atomic mass is 32.2. The minimum atomic E-state index is -0.581. The van der Waals surface area contributed by atoms with Gasteiger partial charge in [-0.2, -0.15) is 11.8 Å². The number of hydrogen-bond acceptors (Lipinski definition) is 4. The second-order valence-electron chi connectivity index (χ2n) is 5.03. The van der Waals surface area contributed by atoms with E-state index in [9.17, 15) is 4.79 Å². The molecule has 116 valence electrons. The molecular formula is C18H21NO2S. The van der Waals surface area contributed by atoms with Crippen LogP contribution in [0, 0.1) is 0 Å². The van der Waals surface area contributed by atoms with Crippen molar-refractivity contribution in [1.82, 2.24) is 0 Å². The summed E-state index contributed by atoms with van der Waals surface area (Å²) in [5, 5.41) is 0. The lowest BCUT2D eigenvalue weighted by molar-refractivity contribution is -0.149. The molecule has 0 spiro atoms. The fourth-order valence-electron chi connectivity index (χ4n) is 2.15. The van der Waals surface area contributed by atoms with Crippen LogP contribution < -0.4 is 5.73 Å². The summed E-state index contributed by atoms with van der Waals surface area (Å²) in [6, 6.07) is 18.9. The Morgan fingerprint density at radius 1 is 1.05 bits per heavy atom. The van der Waals surface area contributed by atoms with Gasteiger partial charge in [0.1, 0.15) is 6.04 Å². The van der Waals surface area contributed by atoms with Gasteiger partial charge in [-0.3, -0.25) is 4.79 Å². The van der Waals surface area contributed by atoms with E-state index in [2.05, 4.69) is 0 Å². The number of esters is 1. The van der Waals surface area contributed by atoms with Gasteiger partial charge in [0.2, 0.25) is 0 Å². The van der Waals surface area contributed by atoms with Crippen LogP contribution >= 0.6 is 11.8 Å². The Morgan fingerprint density at radius 2 is 1.55 bits per heavy atom. The largest absolute Gasteiger partial charge is 0.451 e. The smallest absolute Gasteiger partial charge is 0.323 e. The molecule has 2 aromatic rings. The van der Waals surface area contributed by atoms with Crippen molar-refractivity contribution in [2.75, 3.05) is 12.0 Å². The van der Waals surface area contributed by atoms with Gasteiger partial charge in [0.05, 0.1) is 0 Å². The number of benzene rings is 2. The molecule has 4 heteroatoms. The van der Waals surface area contributed by atoms with E-state index in [0.717, 1.165) is 16.9 Å². The summed E-state index contributed by atoms with van der Waals surface area (Å²) in [4.78, 5) is 12.2. The zero-order chi connectivity index (χ0) is 15.8. The topological polar surface area (TPSA) is 52.3 Å². The third-order valence-electron chi connectivity index (χ3n) is 3.37. The summed E-state index contributed by atoms with van der Waals surface area (Å²) in [7, 11) is 0. The SMILES string of the molecule is CSCCC(N)C(=O)OC(c1ccccc1)c1ccccc1. The van der Waals surface area contributed by atoms with Crippen LogP contribution in [0.5, 0.6) is 0 Å². The first-order valence-electron chi connectivity index (χ1n) is 7.27. The van der Waals surface area contributed by atoms with E-state index in [-0.39, 0.29) is 5.97 Å². The van der Waals surface area contributed by atoms with Crippen LogP contribution in [0.3, 0.4) is 0 Å². The number of hydrogen-bond donors (Lipinski definition) is 1. The summed E-state index contributed by atoms with van der Waals surface area (Å²) in [6.45, 7) is 0. The van der Waals surface area contributed by atoms with Crippen LogP contribution in [-0.2, 0) is 9.53 Å². The lowest BCUT2D eigenvalue weighted by Crippen LogP contribution is -2.34. The summed E-state index contributed by atoms with van der Waals surface area (Å²) in [5.41, 5.74) is 7.81. The van der Waals surface area contributed by atoms with Gasteiger partial charge in [-0.1, -0.05) is 60.7 Å². The summed E-state index contributed by atoms with van der Waals surface area (Å²) < 4.78 is 5.71. The number of carbonyl (C=O) groups excluding carboxylic acids is 1. The molecule has 2 rings (SSSR count). The van der Waals surface area contributed by atoms with E-state index in [0.29, 0.717) is 6.42 Å². The molecule has 0 fully saturated rings. The molecule has 0 amide bonds. The maximum absolute atomic E-state index is 12.2. The molecule has 0 aromatic heterocycles. The van der Waals surface area contributed by atoms with Crippen LogP contribution in [0.25, 0.3) is 0 Å². The number of ether oxygens (including phenoxy) is 1. The van der Waals surface area contributed by atoms with E-state index in [4.69, 9.17) is 10.5 Å². The predicted molar refractivity (Wildman–Crippen MR) is 91.8 cm³/mol. The lowest BCUT2D eigenvalue weighted by atomic mass is 10.0. The first kappa shape index (κ1) is 16.6. The lowest BCUT2D eigenvalue weighted by Gasteiger charge is -2.21. The molecule has 1 atom stereocenters. The highest BCUT2D eigenvalue weighted by molar-refractivity contribution is 7.98. The van der Waals surface area contributed by atoms with Gasteiger partial charge < -0.3 is 10.5 Å². The fraction of sp³-hybridized carbons (Fsp3) is 0.278. The van der Waals surface area contributed by atoms with Crippen molar-refractivity contribution in [1.29, 1.82) is 0 Å². The minimum absolute atomic E-state index is 0.355. The van der Waals surface area contributed by atoms with Crippen LogP contribution in [0.1, 0.15) is 23.7 Å². The van der Waals surface area contributed by atoms with Gasteiger partial charge in [-0.15, -0.1) is 0 Å². The molecule has 0 saturated heterocycles. The third kappa shape index (κ3) is 4.61. The normalized spacial score (nSPS) is 12.1. The molecule has 1 unspecified atom stereocenters. The van der Waals surface area contributed by atoms with Crippen LogP contribution in [0.4, 0.5) is 0 Å². The van der Waals surface area contributed by atoms with Crippen molar-refractivity contribution >= 4 is 17.7 Å². The molecule has 0 aliphatic heterocycles. The number of rotatable bonds is 7. The molecule has 2 N–H and O–H groups in total. The van der Waals surface area contributed by atoms with Crippen molar-refractivity contribution in [3.05, 3.63) is 71.8 Å². The average Bonchev–Trinajstić information content (AvgIpc) is 2.58. The van der Waals surface area contributed by atoms with E-state index in [1.54, 1.807) is 11.8 Å². The van der Waals surface area contributed by atoms with Gasteiger partial charge in [-0.05, 0) is 29.6 Å². The molecule has 0 heterocycles. The standard InChI is InChI=1S/C18H21NO2S/c1-22-13-12-16(19)18(20)21-17(14-8-4-2-5-9-14)15-10-6-3-7-11-15/h2-11,16-17H,12-13,19H2,1H3. The molecule has 0 radical (unpaired) electrons. The molecular weight excluding hydrogens is 294 g/mol. The van der Waals surface area contributed by atoms with Gasteiger partial charge in [0.15, 0.2) is 6.10 Å². The molecule has 2 aromatic carbocycles. The number of nitrogens with two attached hydrogens (primary N) is 1. The monoisotopic (exact) mass is 315 g/mol. The number of carbonyl (C=O) groups is 1. The van der Waals surface area contributed by atoms with Gasteiger partial charge >= 0.3 is 5.97 Å². The van der Waals surface area contributed by atoms with E-state index in [1.165, 1.54) is 0 Å². The van der Waals surface area contributed by atoms with Crippen molar-refractivity contribution in [3.8, 4) is 0 Å². The van der Waals surface area contributed by atoms with Gasteiger partial charge in [-0.25, -0.2) is 0 Å². The molecule has 0 saturated carbocycles. The van der Waals surface area contributed by atoms with Crippen molar-refractivity contribution < 1.29 is 9.53 Å². The van der Waals surface area contributed by atoms with Crippen molar-refractivity contribution in [2.24, 2.45) is 5.73 Å². The van der Waals surface area contributed by atoms with Crippen LogP contribution in [0.2, 0.25) is 0 Å². The fourth-order valence-corrected chi connectivity index (χ4v) is 2.64. The Kier molecular flexibility index (Phi) is 6.49. The maximum Gasteiger partial charge on any atom is 0.323 e. The first-order valence-corrected chi connectivity index (χ1v) is 8.66. The van der Waals surface area contributed by atoms with E-state index < -0.39 is 12.1 Å². The van der Waals surface area contributed by atoms with Crippen molar-refractivity contribution in [2.45, 2.75) is 18.6 Å². The summed E-state index contributed by atoms with van der Waals surface area (Å²) in [5.74, 6) is 0.490. The Hall–Kier alpha value is -1.78. The highest BCUT2D eigenvalue weighted by Gasteiger charge is 2.22. The molecule has 0 aliphatic rings. The summed E-state index contributed by atoms with van der Waals surface area (Å²) >= 11 is 1.67. The zero-order valence-electron chi connectivity index (χ0n) is 12.6. The van der Waals surface area contributed by atoms with Crippen LogP contribution in [-0.4, -0.2) is 24.0 Å². The molecule has 3 nitrogen and oxygen atoms in total. The number of thioether (sulfide) groups is 1. The van der Waals surface area contributed by atoms with E-state index >= 15 is 0 Å². The summed E-state index contributed by atoms with van der Waals surface area (Å²) in [6.07, 6.45) is 2.20. The van der Waals surface area contributed by atoms with Crippen LogP contribution in [0.15, 0.2) is 60.7 Å². The Bertz CT molecular complexity index is 535. The Morgan fingerprint density at radius 3 is 2.00 bits per heavy atom. The Labute approximate surface area is 135 Å². The van der Waals surface area contributed by atoms with E-state index in [1.807, 2.05) is 66.9 Å². The molecule has 22 heavy (non-hydrogen) atoms. The third-order valence-corrected chi connectivity index (χ3v) is 4.02. The molecule has 0 bridgehead atoms. The first-order chi connectivity index (χ1) is 10.7. The maximum atomic E-state index is 12.2. The second-order valence-corrected chi connectivity index (χ2v) is 6.01. The van der Waals surface area contributed by atoms with Crippen molar-refractivity contribution in [3.63, 3.8) is 0 Å². The molecule has 0 aliphatic carbocycles. The second kappa shape index (κ2) is 8.61. The quantitative estimate of drug-likeness (QED) is 0.796. The van der Waals surface area contributed by atoms with Gasteiger partial charge in [0, 0.05) is 0 Å². The average molecular weight is 315 g/mol. The predicted octanol–water partition coefficient (Wildman–Crippen LogP) is 3.40. The minimum Gasteiger partial charge on any atom is -0.451 e. The zero-order valence-corrected chi connectivity index (χ0v) is 13.5. The highest BCUT2D eigenvalue weighted by Crippen LogP contribution is 2.26.